The summed E-state index contributed by atoms with van der Waals surface area (Å²) in [6.45, 7) is 0.0241. The van der Waals surface area contributed by atoms with E-state index < -0.39 is 0 Å². The molecule has 88 valence electrons. The van der Waals surface area contributed by atoms with Gasteiger partial charge >= 0.3 is 12.0 Å². The number of rotatable bonds is 6. The van der Waals surface area contributed by atoms with Crippen molar-refractivity contribution in [1.29, 1.82) is 0 Å². The second-order valence-electron chi connectivity index (χ2n) is 2.87. The molecule has 1 aromatic rings. The summed E-state index contributed by atoms with van der Waals surface area (Å²) in [6, 6.07) is 0.235. The Bertz CT molecular complexity index is 348. The Balaban J connectivity index is 2.82. The fraction of sp³-hybridized carbons (Fsp3) is 0.556. The van der Waals surface area contributed by atoms with Crippen LogP contribution in [0.1, 0.15) is 5.82 Å². The maximum atomic E-state index is 11.3. The molecule has 0 saturated carbocycles. The number of Topliss-reactive ketones (excluding diaryl/α,β-unsaturated/α-hetero) is 1. The fourth-order valence-corrected chi connectivity index (χ4v) is 1.03. The van der Waals surface area contributed by atoms with E-state index in [1.165, 1.54) is 21.3 Å². The van der Waals surface area contributed by atoms with Crippen LogP contribution in [-0.4, -0.2) is 48.7 Å². The predicted molar refractivity (Wildman–Crippen MR) is 53.5 cm³/mol. The summed E-state index contributed by atoms with van der Waals surface area (Å²) in [7, 11) is 4.30. The number of carbonyl (C=O) groups is 1. The summed E-state index contributed by atoms with van der Waals surface area (Å²) in [5.41, 5.74) is 0. The van der Waals surface area contributed by atoms with E-state index in [2.05, 4.69) is 15.0 Å². The van der Waals surface area contributed by atoms with Crippen molar-refractivity contribution in [2.75, 3.05) is 27.9 Å². The summed E-state index contributed by atoms with van der Waals surface area (Å²) in [5.74, 6) is 0.170. The zero-order valence-corrected chi connectivity index (χ0v) is 9.39. The Morgan fingerprint density at radius 3 is 2.06 bits per heavy atom. The number of ether oxygens (including phenoxy) is 3. The minimum atomic E-state index is -0.127. The molecule has 0 N–H and O–H groups in total. The third-order valence-electron chi connectivity index (χ3n) is 1.67. The van der Waals surface area contributed by atoms with Crippen LogP contribution in [0, 0.1) is 0 Å². The molecular weight excluding hydrogens is 214 g/mol. The Labute approximate surface area is 92.8 Å². The van der Waals surface area contributed by atoms with E-state index in [1.807, 2.05) is 0 Å². The minimum Gasteiger partial charge on any atom is -0.467 e. The lowest BCUT2D eigenvalue weighted by molar-refractivity contribution is -0.122. The van der Waals surface area contributed by atoms with Crippen molar-refractivity contribution in [3.05, 3.63) is 5.82 Å². The monoisotopic (exact) mass is 227 g/mol. The number of aromatic nitrogens is 3. The third kappa shape index (κ3) is 3.43. The van der Waals surface area contributed by atoms with Crippen LogP contribution < -0.4 is 9.47 Å². The van der Waals surface area contributed by atoms with Crippen molar-refractivity contribution in [3.63, 3.8) is 0 Å². The van der Waals surface area contributed by atoms with Crippen molar-refractivity contribution in [2.24, 2.45) is 0 Å². The Morgan fingerprint density at radius 2 is 1.62 bits per heavy atom. The number of methoxy groups -OCH3 is 3. The SMILES string of the molecule is COCC(=O)Cc1nc(OC)nc(OC)n1. The molecule has 0 aliphatic carbocycles. The molecule has 1 heterocycles. The third-order valence-corrected chi connectivity index (χ3v) is 1.67. The second-order valence-corrected chi connectivity index (χ2v) is 2.87. The van der Waals surface area contributed by atoms with E-state index in [9.17, 15) is 4.79 Å². The number of carbonyl (C=O) groups excluding carboxylic acids is 1. The van der Waals surface area contributed by atoms with Gasteiger partial charge in [0.25, 0.3) is 0 Å². The van der Waals surface area contributed by atoms with Crippen molar-refractivity contribution in [2.45, 2.75) is 6.42 Å². The predicted octanol–water partition coefficient (Wildman–Crippen LogP) is -0.353. The first-order valence-electron chi connectivity index (χ1n) is 4.53. The van der Waals surface area contributed by atoms with Gasteiger partial charge in [0, 0.05) is 7.11 Å². The van der Waals surface area contributed by atoms with Gasteiger partial charge in [-0.15, -0.1) is 4.98 Å². The zero-order valence-electron chi connectivity index (χ0n) is 9.39. The average Bonchev–Trinajstić information content (AvgIpc) is 2.28. The largest absolute Gasteiger partial charge is 0.467 e. The first-order chi connectivity index (χ1) is 7.69. The molecule has 16 heavy (non-hydrogen) atoms. The van der Waals surface area contributed by atoms with E-state index in [0.29, 0.717) is 5.82 Å². The van der Waals surface area contributed by atoms with Gasteiger partial charge in [0.2, 0.25) is 0 Å². The van der Waals surface area contributed by atoms with E-state index in [-0.39, 0.29) is 30.8 Å². The van der Waals surface area contributed by atoms with E-state index >= 15 is 0 Å². The average molecular weight is 227 g/mol. The summed E-state index contributed by atoms with van der Waals surface area (Å²) >= 11 is 0. The standard InChI is InChI=1S/C9H13N3O4/c1-14-5-6(13)4-7-10-8(15-2)12-9(11-7)16-3/h4-5H2,1-3H3. The van der Waals surface area contributed by atoms with E-state index in [1.54, 1.807) is 0 Å². The lowest BCUT2D eigenvalue weighted by Gasteiger charge is -2.04. The van der Waals surface area contributed by atoms with Gasteiger partial charge in [-0.05, 0) is 0 Å². The van der Waals surface area contributed by atoms with Gasteiger partial charge in [-0.1, -0.05) is 0 Å². The van der Waals surface area contributed by atoms with Crippen molar-refractivity contribution in [3.8, 4) is 12.0 Å². The molecule has 1 rings (SSSR count). The second kappa shape index (κ2) is 5.96. The smallest absolute Gasteiger partial charge is 0.322 e. The van der Waals surface area contributed by atoms with Crippen LogP contribution in [0.5, 0.6) is 12.0 Å². The van der Waals surface area contributed by atoms with Crippen molar-refractivity contribution in [1.82, 2.24) is 15.0 Å². The van der Waals surface area contributed by atoms with Gasteiger partial charge in [-0.25, -0.2) is 0 Å². The van der Waals surface area contributed by atoms with Crippen LogP contribution >= 0.6 is 0 Å². The summed E-state index contributed by atoms with van der Waals surface area (Å²) in [4.78, 5) is 23.0. The highest BCUT2D eigenvalue weighted by molar-refractivity contribution is 5.81. The van der Waals surface area contributed by atoms with Gasteiger partial charge in [0.1, 0.15) is 12.4 Å². The summed E-state index contributed by atoms with van der Waals surface area (Å²) in [5, 5.41) is 0. The number of hydrogen-bond donors (Lipinski definition) is 0. The molecule has 0 radical (unpaired) electrons. The Hall–Kier alpha value is -1.76. The zero-order chi connectivity index (χ0) is 12.0. The molecule has 7 heteroatoms. The maximum absolute atomic E-state index is 11.3. The molecule has 0 amide bonds. The molecule has 0 fully saturated rings. The van der Waals surface area contributed by atoms with E-state index in [0.717, 1.165) is 0 Å². The minimum absolute atomic E-state index is 0.0241. The van der Waals surface area contributed by atoms with Gasteiger partial charge < -0.3 is 14.2 Å². The highest BCUT2D eigenvalue weighted by atomic mass is 16.5. The lowest BCUT2D eigenvalue weighted by atomic mass is 10.3. The lowest BCUT2D eigenvalue weighted by Crippen LogP contribution is -2.13. The molecule has 7 nitrogen and oxygen atoms in total. The molecule has 0 saturated heterocycles. The normalized spacial score (nSPS) is 9.94. The molecule has 0 atom stereocenters. The first-order valence-corrected chi connectivity index (χ1v) is 4.53. The molecular formula is C9H13N3O4. The molecule has 0 spiro atoms. The highest BCUT2D eigenvalue weighted by Gasteiger charge is 2.10. The van der Waals surface area contributed by atoms with Crippen LogP contribution in [0.2, 0.25) is 0 Å². The van der Waals surface area contributed by atoms with Gasteiger partial charge in [-0.3, -0.25) is 4.79 Å². The van der Waals surface area contributed by atoms with Crippen molar-refractivity contribution >= 4 is 5.78 Å². The molecule has 0 unspecified atom stereocenters. The Morgan fingerprint density at radius 1 is 1.06 bits per heavy atom. The summed E-state index contributed by atoms with van der Waals surface area (Å²) in [6.07, 6.45) is 0.0586. The number of hydrogen-bond acceptors (Lipinski definition) is 7. The van der Waals surface area contributed by atoms with Gasteiger partial charge in [-0.2, -0.15) is 9.97 Å². The fourth-order valence-electron chi connectivity index (χ4n) is 1.03. The van der Waals surface area contributed by atoms with Crippen LogP contribution in [0.3, 0.4) is 0 Å². The molecule has 0 aromatic carbocycles. The first kappa shape index (κ1) is 12.3. The molecule has 0 aliphatic rings. The quantitative estimate of drug-likeness (QED) is 0.656. The summed E-state index contributed by atoms with van der Waals surface area (Å²) < 4.78 is 14.4. The van der Waals surface area contributed by atoms with Crippen LogP contribution in [0.4, 0.5) is 0 Å². The van der Waals surface area contributed by atoms with E-state index in [4.69, 9.17) is 14.2 Å². The molecule has 0 bridgehead atoms. The number of ketones is 1. The van der Waals surface area contributed by atoms with Crippen LogP contribution in [0.15, 0.2) is 0 Å². The Kier molecular flexibility index (Phi) is 4.59. The highest BCUT2D eigenvalue weighted by Crippen LogP contribution is 2.09. The molecule has 1 aromatic heterocycles. The van der Waals surface area contributed by atoms with Gasteiger partial charge in [0.15, 0.2) is 5.78 Å². The topological polar surface area (TPSA) is 83.4 Å². The molecule has 0 aliphatic heterocycles. The van der Waals surface area contributed by atoms with Crippen molar-refractivity contribution < 1.29 is 19.0 Å². The van der Waals surface area contributed by atoms with Crippen LogP contribution in [-0.2, 0) is 16.0 Å². The number of nitrogens with zero attached hydrogens (tertiary/aromatic N) is 3. The van der Waals surface area contributed by atoms with Gasteiger partial charge in [0.05, 0.1) is 20.6 Å². The van der Waals surface area contributed by atoms with Crippen LogP contribution in [0.25, 0.3) is 0 Å². The maximum Gasteiger partial charge on any atom is 0.322 e.